The van der Waals surface area contributed by atoms with Crippen LogP contribution in [-0.2, 0) is 19.1 Å². The van der Waals surface area contributed by atoms with Crippen molar-refractivity contribution in [3.63, 3.8) is 0 Å². The fourth-order valence-corrected chi connectivity index (χ4v) is 5.76. The lowest BCUT2D eigenvalue weighted by Gasteiger charge is -2.18. The van der Waals surface area contributed by atoms with E-state index in [1.165, 1.54) is 128 Å². The van der Waals surface area contributed by atoms with E-state index in [4.69, 9.17) is 4.74 Å². The number of hydrogen-bond donors (Lipinski definition) is 2. The Balaban J connectivity index is 4.35. The van der Waals surface area contributed by atoms with E-state index in [1.54, 1.807) is 0 Å². The molecule has 0 heterocycles. The molecule has 0 aromatic rings. The van der Waals surface area contributed by atoms with Crippen molar-refractivity contribution in [1.82, 2.24) is 5.32 Å². The third-order valence-electron chi connectivity index (χ3n) is 8.69. The maximum absolute atomic E-state index is 12.5. The van der Waals surface area contributed by atoms with E-state index < -0.39 is 12.0 Å². The van der Waals surface area contributed by atoms with Crippen molar-refractivity contribution >= 4 is 17.8 Å². The number of carbonyl (C=O) groups is 3. The molecule has 0 saturated heterocycles. The fourth-order valence-electron chi connectivity index (χ4n) is 5.76. The summed E-state index contributed by atoms with van der Waals surface area (Å²) >= 11 is 0. The Hall–Kier alpha value is -1.59. The highest BCUT2D eigenvalue weighted by Crippen LogP contribution is 2.20. The lowest BCUT2D eigenvalue weighted by Crippen LogP contribution is -2.41. The minimum atomic E-state index is -1.09. The molecule has 43 heavy (non-hydrogen) atoms. The van der Waals surface area contributed by atoms with Gasteiger partial charge in [-0.05, 0) is 31.6 Å². The van der Waals surface area contributed by atoms with E-state index >= 15 is 0 Å². The van der Waals surface area contributed by atoms with Crippen LogP contribution in [0.25, 0.3) is 0 Å². The van der Waals surface area contributed by atoms with Crippen molar-refractivity contribution in [2.45, 2.75) is 207 Å². The first-order chi connectivity index (χ1) is 20.9. The van der Waals surface area contributed by atoms with Crippen molar-refractivity contribution in [2.24, 2.45) is 5.92 Å². The molecule has 0 bridgehead atoms. The van der Waals surface area contributed by atoms with Crippen molar-refractivity contribution < 1.29 is 24.2 Å². The Morgan fingerprint density at radius 2 is 0.930 bits per heavy atom. The third-order valence-corrected chi connectivity index (χ3v) is 8.69. The molecule has 0 aliphatic carbocycles. The van der Waals surface area contributed by atoms with Crippen molar-refractivity contribution in [3.05, 3.63) is 0 Å². The number of carboxylic acid groups (broad SMARTS) is 1. The van der Waals surface area contributed by atoms with Crippen LogP contribution in [0.1, 0.15) is 201 Å². The molecule has 6 nitrogen and oxygen atoms in total. The van der Waals surface area contributed by atoms with E-state index in [2.05, 4.69) is 26.1 Å². The Morgan fingerprint density at radius 1 is 0.535 bits per heavy atom. The number of aliphatic carboxylic acids is 1. The molecule has 2 N–H and O–H groups in total. The molecule has 1 unspecified atom stereocenters. The smallest absolute Gasteiger partial charge is 0.326 e. The summed E-state index contributed by atoms with van der Waals surface area (Å²) in [5.74, 6) is -1.32. The molecule has 2 atom stereocenters. The SMILES string of the molecule is CCCCCCCCCCCC(=O)N[C@H](CCC(=O)OCC(CCCCCCCC)CCCCCCCCCC)C(=O)O. The topological polar surface area (TPSA) is 92.7 Å². The normalized spacial score (nSPS) is 12.6. The largest absolute Gasteiger partial charge is 0.480 e. The number of amides is 1. The molecule has 0 aliphatic heterocycles. The average Bonchev–Trinajstić information content (AvgIpc) is 2.99. The fraction of sp³-hybridized carbons (Fsp3) is 0.919. The zero-order chi connectivity index (χ0) is 31.8. The molecule has 0 fully saturated rings. The van der Waals surface area contributed by atoms with Crippen LogP contribution in [0, 0.1) is 5.92 Å². The Morgan fingerprint density at radius 3 is 1.35 bits per heavy atom. The summed E-state index contributed by atoms with van der Waals surface area (Å²) < 4.78 is 5.65. The van der Waals surface area contributed by atoms with Gasteiger partial charge < -0.3 is 15.2 Å². The highest BCUT2D eigenvalue weighted by atomic mass is 16.5. The van der Waals surface area contributed by atoms with E-state index in [0.717, 1.165) is 32.1 Å². The second kappa shape index (κ2) is 31.8. The summed E-state index contributed by atoms with van der Waals surface area (Å²) in [4.78, 5) is 36.6. The number of nitrogens with one attached hydrogen (secondary N) is 1. The highest BCUT2D eigenvalue weighted by molar-refractivity contribution is 5.84. The number of carboxylic acids is 1. The van der Waals surface area contributed by atoms with Gasteiger partial charge in [0.15, 0.2) is 0 Å². The molecule has 6 heteroatoms. The first-order valence-corrected chi connectivity index (χ1v) is 18.6. The third kappa shape index (κ3) is 28.9. The van der Waals surface area contributed by atoms with Gasteiger partial charge in [0.25, 0.3) is 0 Å². The number of carbonyl (C=O) groups excluding carboxylic acids is 2. The number of esters is 1. The lowest BCUT2D eigenvalue weighted by molar-refractivity contribution is -0.146. The monoisotopic (exact) mass is 610 g/mol. The van der Waals surface area contributed by atoms with Gasteiger partial charge in [-0.2, -0.15) is 0 Å². The first-order valence-electron chi connectivity index (χ1n) is 18.6. The number of hydrogen-bond acceptors (Lipinski definition) is 4. The van der Waals surface area contributed by atoms with Crippen LogP contribution in [0.2, 0.25) is 0 Å². The van der Waals surface area contributed by atoms with Crippen LogP contribution in [-0.4, -0.2) is 35.6 Å². The summed E-state index contributed by atoms with van der Waals surface area (Å²) in [5.41, 5.74) is 0. The summed E-state index contributed by atoms with van der Waals surface area (Å²) in [6.07, 6.45) is 30.9. The van der Waals surface area contributed by atoms with E-state index in [-0.39, 0.29) is 24.7 Å². The van der Waals surface area contributed by atoms with E-state index in [0.29, 0.717) is 18.9 Å². The van der Waals surface area contributed by atoms with E-state index in [9.17, 15) is 19.5 Å². The molecule has 0 radical (unpaired) electrons. The number of ether oxygens (including phenoxy) is 1. The van der Waals surface area contributed by atoms with Crippen LogP contribution in [0.3, 0.4) is 0 Å². The van der Waals surface area contributed by atoms with Gasteiger partial charge in [-0.1, -0.05) is 162 Å². The summed E-state index contributed by atoms with van der Waals surface area (Å²) in [6, 6.07) is -1.05. The Bertz CT molecular complexity index is 653. The van der Waals surface area contributed by atoms with Gasteiger partial charge in [-0.3, -0.25) is 9.59 Å². The predicted molar refractivity (Wildman–Crippen MR) is 180 cm³/mol. The van der Waals surface area contributed by atoms with Crippen molar-refractivity contribution in [3.8, 4) is 0 Å². The minimum Gasteiger partial charge on any atom is -0.480 e. The Kier molecular flexibility index (Phi) is 30.6. The van der Waals surface area contributed by atoms with Crippen molar-refractivity contribution in [1.29, 1.82) is 0 Å². The van der Waals surface area contributed by atoms with Gasteiger partial charge >= 0.3 is 11.9 Å². The quantitative estimate of drug-likeness (QED) is 0.0570. The summed E-state index contributed by atoms with van der Waals surface area (Å²) in [6.45, 7) is 7.13. The molecule has 0 saturated carbocycles. The Labute approximate surface area is 266 Å². The average molecular weight is 610 g/mol. The van der Waals surface area contributed by atoms with Gasteiger partial charge in [-0.15, -0.1) is 0 Å². The standard InChI is InChI=1S/C37H71NO5/c1-4-7-10-13-16-18-20-23-26-29-35(39)38-34(37(41)42)30-31-36(40)43-32-33(27-24-21-15-12-9-6-3)28-25-22-19-17-14-11-8-5-2/h33-34H,4-32H2,1-3H3,(H,38,39)(H,41,42)/t33?,34-/m1/s1. The van der Waals surface area contributed by atoms with Crippen molar-refractivity contribution in [2.75, 3.05) is 6.61 Å². The summed E-state index contributed by atoms with van der Waals surface area (Å²) in [5, 5.41) is 12.2. The van der Waals surface area contributed by atoms with Gasteiger partial charge in [0.05, 0.1) is 6.61 Å². The molecule has 0 aromatic carbocycles. The molecular weight excluding hydrogens is 538 g/mol. The second-order valence-corrected chi connectivity index (χ2v) is 12.9. The number of unbranched alkanes of at least 4 members (excludes halogenated alkanes) is 20. The van der Waals surface area contributed by atoms with Crippen LogP contribution >= 0.6 is 0 Å². The van der Waals surface area contributed by atoms with Crippen LogP contribution in [0.15, 0.2) is 0 Å². The number of rotatable bonds is 33. The molecule has 0 aliphatic rings. The summed E-state index contributed by atoms with van der Waals surface area (Å²) in [7, 11) is 0. The minimum absolute atomic E-state index is 0.0107. The predicted octanol–water partition coefficient (Wildman–Crippen LogP) is 10.7. The van der Waals surface area contributed by atoms with Gasteiger partial charge in [0.1, 0.15) is 6.04 Å². The molecule has 0 rings (SSSR count). The second-order valence-electron chi connectivity index (χ2n) is 12.9. The molecule has 254 valence electrons. The lowest BCUT2D eigenvalue weighted by atomic mass is 9.94. The molecule has 0 aromatic heterocycles. The van der Waals surface area contributed by atoms with Gasteiger partial charge in [0, 0.05) is 12.8 Å². The highest BCUT2D eigenvalue weighted by Gasteiger charge is 2.22. The first kappa shape index (κ1) is 41.4. The van der Waals surface area contributed by atoms with Gasteiger partial charge in [-0.25, -0.2) is 4.79 Å². The maximum Gasteiger partial charge on any atom is 0.326 e. The van der Waals surface area contributed by atoms with Gasteiger partial charge in [0.2, 0.25) is 5.91 Å². The van der Waals surface area contributed by atoms with Crippen LogP contribution in [0.4, 0.5) is 0 Å². The van der Waals surface area contributed by atoms with Crippen LogP contribution in [0.5, 0.6) is 0 Å². The maximum atomic E-state index is 12.5. The van der Waals surface area contributed by atoms with E-state index in [1.807, 2.05) is 0 Å². The zero-order valence-corrected chi connectivity index (χ0v) is 28.7. The zero-order valence-electron chi connectivity index (χ0n) is 28.7. The molecular formula is C37H71NO5. The molecule has 0 spiro atoms. The van der Waals surface area contributed by atoms with Crippen LogP contribution < -0.4 is 5.32 Å². The molecule has 1 amide bonds.